The van der Waals surface area contributed by atoms with Gasteiger partial charge in [-0.25, -0.2) is 0 Å². The molecular weight excluding hydrogens is 204 g/mol. The fraction of sp³-hybridized carbons (Fsp3) is 0.500. The third-order valence-electron chi connectivity index (χ3n) is 2.87. The number of aromatic nitrogens is 1. The van der Waals surface area contributed by atoms with E-state index in [0.29, 0.717) is 11.3 Å². The Kier molecular flexibility index (Phi) is 3.51. The number of carbonyl (C=O) groups excluding carboxylic acids is 1. The van der Waals surface area contributed by atoms with Crippen LogP contribution < -0.4 is 0 Å². The third kappa shape index (κ3) is 2.39. The summed E-state index contributed by atoms with van der Waals surface area (Å²) in [5.74, 6) is 0.0526. The zero-order valence-electron chi connectivity index (χ0n) is 9.22. The minimum Gasteiger partial charge on any atom is -0.390 e. The number of pyridine rings is 1. The number of amides is 1. The molecule has 1 fully saturated rings. The Hall–Kier alpha value is -1.42. The van der Waals surface area contributed by atoms with Gasteiger partial charge < -0.3 is 10.0 Å². The minimum atomic E-state index is -0.124. The molecular formula is C12H16N2O2. The first-order valence-electron chi connectivity index (χ1n) is 5.66. The number of likely N-dealkylation sites (tertiary alicyclic amines) is 1. The topological polar surface area (TPSA) is 53.4 Å². The largest absolute Gasteiger partial charge is 0.390 e. The van der Waals surface area contributed by atoms with Crippen molar-refractivity contribution in [2.24, 2.45) is 0 Å². The Morgan fingerprint density at radius 3 is 2.81 bits per heavy atom. The molecule has 1 N–H and O–H groups in total. The van der Waals surface area contributed by atoms with E-state index in [1.54, 1.807) is 18.3 Å². The average molecular weight is 220 g/mol. The van der Waals surface area contributed by atoms with E-state index in [1.165, 1.54) is 6.42 Å². The standard InChI is InChI=1S/C12H16N2O2/c15-9-11-8-10(4-5-13-11)12(16)14-6-2-1-3-7-14/h4-5,8,15H,1-3,6-7,9H2. The van der Waals surface area contributed by atoms with Gasteiger partial charge in [0.25, 0.3) is 5.91 Å². The zero-order valence-corrected chi connectivity index (χ0v) is 9.22. The lowest BCUT2D eigenvalue weighted by molar-refractivity contribution is 0.0724. The molecule has 0 atom stereocenters. The van der Waals surface area contributed by atoms with Gasteiger partial charge in [-0.2, -0.15) is 0 Å². The van der Waals surface area contributed by atoms with Gasteiger partial charge >= 0.3 is 0 Å². The van der Waals surface area contributed by atoms with Crippen molar-refractivity contribution in [3.63, 3.8) is 0 Å². The van der Waals surface area contributed by atoms with Crippen molar-refractivity contribution >= 4 is 5.91 Å². The monoisotopic (exact) mass is 220 g/mol. The van der Waals surface area contributed by atoms with Gasteiger partial charge in [0.2, 0.25) is 0 Å². The number of piperidine rings is 1. The molecule has 1 aromatic heterocycles. The van der Waals surface area contributed by atoms with Crippen molar-refractivity contribution in [1.29, 1.82) is 0 Å². The van der Waals surface area contributed by atoms with E-state index >= 15 is 0 Å². The van der Waals surface area contributed by atoms with Crippen molar-refractivity contribution in [2.75, 3.05) is 13.1 Å². The van der Waals surface area contributed by atoms with Crippen LogP contribution >= 0.6 is 0 Å². The molecule has 4 heteroatoms. The van der Waals surface area contributed by atoms with Crippen molar-refractivity contribution in [1.82, 2.24) is 9.88 Å². The van der Waals surface area contributed by atoms with E-state index in [-0.39, 0.29) is 12.5 Å². The van der Waals surface area contributed by atoms with Crippen molar-refractivity contribution in [2.45, 2.75) is 25.9 Å². The van der Waals surface area contributed by atoms with Crippen LogP contribution in [0.15, 0.2) is 18.3 Å². The van der Waals surface area contributed by atoms with E-state index in [1.807, 2.05) is 4.90 Å². The van der Waals surface area contributed by atoms with E-state index in [4.69, 9.17) is 5.11 Å². The number of hydrogen-bond donors (Lipinski definition) is 1. The van der Waals surface area contributed by atoms with Gasteiger partial charge in [-0.05, 0) is 31.4 Å². The maximum atomic E-state index is 12.1. The smallest absolute Gasteiger partial charge is 0.253 e. The zero-order chi connectivity index (χ0) is 11.4. The molecule has 1 amide bonds. The molecule has 0 spiro atoms. The highest BCUT2D eigenvalue weighted by molar-refractivity contribution is 5.94. The summed E-state index contributed by atoms with van der Waals surface area (Å²) in [4.78, 5) is 17.9. The van der Waals surface area contributed by atoms with E-state index in [9.17, 15) is 4.79 Å². The molecule has 1 aliphatic rings. The summed E-state index contributed by atoms with van der Waals surface area (Å²) in [7, 11) is 0. The molecule has 2 heterocycles. The maximum absolute atomic E-state index is 12.1. The highest BCUT2D eigenvalue weighted by Crippen LogP contribution is 2.13. The molecule has 1 aliphatic heterocycles. The van der Waals surface area contributed by atoms with Crippen LogP contribution in [0.3, 0.4) is 0 Å². The molecule has 0 aromatic carbocycles. The summed E-state index contributed by atoms with van der Waals surface area (Å²) in [5.41, 5.74) is 1.17. The van der Waals surface area contributed by atoms with Crippen LogP contribution in [0.25, 0.3) is 0 Å². The second kappa shape index (κ2) is 5.07. The molecule has 86 valence electrons. The van der Waals surface area contributed by atoms with E-state index < -0.39 is 0 Å². The van der Waals surface area contributed by atoms with Crippen molar-refractivity contribution < 1.29 is 9.90 Å². The molecule has 1 aromatic rings. The molecule has 4 nitrogen and oxygen atoms in total. The Balaban J connectivity index is 2.12. The fourth-order valence-electron chi connectivity index (χ4n) is 1.98. The SMILES string of the molecule is O=C(c1ccnc(CO)c1)N1CCCCC1. The summed E-state index contributed by atoms with van der Waals surface area (Å²) in [6, 6.07) is 3.37. The third-order valence-corrected chi connectivity index (χ3v) is 2.87. The Morgan fingerprint density at radius 1 is 1.38 bits per heavy atom. The summed E-state index contributed by atoms with van der Waals surface area (Å²) in [6.45, 7) is 1.56. The molecule has 0 unspecified atom stereocenters. The lowest BCUT2D eigenvalue weighted by Crippen LogP contribution is -2.35. The second-order valence-corrected chi connectivity index (χ2v) is 4.05. The average Bonchev–Trinajstić information content (AvgIpc) is 2.39. The van der Waals surface area contributed by atoms with Gasteiger partial charge in [-0.15, -0.1) is 0 Å². The number of aliphatic hydroxyl groups excluding tert-OH is 1. The summed E-state index contributed by atoms with van der Waals surface area (Å²) >= 11 is 0. The van der Waals surface area contributed by atoms with Crippen LogP contribution in [0.2, 0.25) is 0 Å². The Bertz CT molecular complexity index is 373. The van der Waals surface area contributed by atoms with Crippen LogP contribution in [-0.4, -0.2) is 34.0 Å². The van der Waals surface area contributed by atoms with Gasteiger partial charge in [-0.3, -0.25) is 9.78 Å². The number of rotatable bonds is 2. The molecule has 0 saturated carbocycles. The first kappa shape index (κ1) is 11.1. The summed E-state index contributed by atoms with van der Waals surface area (Å²) in [6.07, 6.45) is 4.96. The van der Waals surface area contributed by atoms with Crippen LogP contribution in [0.5, 0.6) is 0 Å². The number of hydrogen-bond acceptors (Lipinski definition) is 3. The fourth-order valence-corrected chi connectivity index (χ4v) is 1.98. The second-order valence-electron chi connectivity index (χ2n) is 4.05. The molecule has 0 bridgehead atoms. The van der Waals surface area contributed by atoms with Crippen LogP contribution in [0, 0.1) is 0 Å². The Labute approximate surface area is 94.9 Å². The number of carbonyl (C=O) groups is 1. The number of aliphatic hydroxyl groups is 1. The molecule has 2 rings (SSSR count). The summed E-state index contributed by atoms with van der Waals surface area (Å²) in [5, 5.41) is 8.97. The predicted octanol–water partition coefficient (Wildman–Crippen LogP) is 1.20. The minimum absolute atomic E-state index is 0.0526. The van der Waals surface area contributed by atoms with E-state index in [2.05, 4.69) is 4.98 Å². The first-order chi connectivity index (χ1) is 7.81. The van der Waals surface area contributed by atoms with Gasteiger partial charge in [-0.1, -0.05) is 0 Å². The normalized spacial score (nSPS) is 16.2. The van der Waals surface area contributed by atoms with E-state index in [0.717, 1.165) is 25.9 Å². The van der Waals surface area contributed by atoms with Gasteiger partial charge in [0, 0.05) is 24.8 Å². The van der Waals surface area contributed by atoms with Crippen molar-refractivity contribution in [3.05, 3.63) is 29.6 Å². The lowest BCUT2D eigenvalue weighted by Gasteiger charge is -2.26. The maximum Gasteiger partial charge on any atom is 0.253 e. The highest BCUT2D eigenvalue weighted by atomic mass is 16.3. The van der Waals surface area contributed by atoms with Crippen LogP contribution in [0.1, 0.15) is 35.3 Å². The van der Waals surface area contributed by atoms with Crippen LogP contribution in [0.4, 0.5) is 0 Å². The lowest BCUT2D eigenvalue weighted by atomic mass is 10.1. The van der Waals surface area contributed by atoms with Crippen molar-refractivity contribution in [3.8, 4) is 0 Å². The van der Waals surface area contributed by atoms with Crippen LogP contribution in [-0.2, 0) is 6.61 Å². The molecule has 1 saturated heterocycles. The molecule has 16 heavy (non-hydrogen) atoms. The first-order valence-corrected chi connectivity index (χ1v) is 5.66. The van der Waals surface area contributed by atoms with Gasteiger partial charge in [0.05, 0.1) is 12.3 Å². The molecule has 0 radical (unpaired) electrons. The Morgan fingerprint density at radius 2 is 2.12 bits per heavy atom. The van der Waals surface area contributed by atoms with Gasteiger partial charge in [0.1, 0.15) is 0 Å². The van der Waals surface area contributed by atoms with Gasteiger partial charge in [0.15, 0.2) is 0 Å². The predicted molar refractivity (Wildman–Crippen MR) is 59.9 cm³/mol. The number of nitrogens with zero attached hydrogens (tertiary/aromatic N) is 2. The molecule has 0 aliphatic carbocycles. The quantitative estimate of drug-likeness (QED) is 0.814. The highest BCUT2D eigenvalue weighted by Gasteiger charge is 2.18. The summed E-state index contributed by atoms with van der Waals surface area (Å²) < 4.78 is 0.